The molecular weight excluding hydrogens is 482 g/mol. The van der Waals surface area contributed by atoms with Crippen LogP contribution >= 0.6 is 0 Å². The van der Waals surface area contributed by atoms with Gasteiger partial charge in [-0.2, -0.15) is 0 Å². The molecule has 3 aromatic heterocycles. The van der Waals surface area contributed by atoms with Gasteiger partial charge in [0, 0.05) is 31.6 Å². The first kappa shape index (κ1) is 24.5. The number of carbonyl (C=O) groups is 1. The third-order valence-electron chi connectivity index (χ3n) is 7.56. The highest BCUT2D eigenvalue weighted by Gasteiger charge is 2.30. The summed E-state index contributed by atoms with van der Waals surface area (Å²) in [4.78, 5) is 22.6. The highest BCUT2D eigenvalue weighted by atomic mass is 16.5. The Balaban J connectivity index is 1.46. The fourth-order valence-electron chi connectivity index (χ4n) is 5.25. The van der Waals surface area contributed by atoms with Crippen molar-refractivity contribution in [1.82, 2.24) is 29.5 Å². The minimum atomic E-state index is -0.110. The number of para-hydroxylation sites is 1. The van der Waals surface area contributed by atoms with Crippen molar-refractivity contribution in [1.29, 1.82) is 0 Å². The summed E-state index contributed by atoms with van der Waals surface area (Å²) in [5.41, 5.74) is 6.29. The zero-order valence-corrected chi connectivity index (χ0v) is 22.3. The van der Waals surface area contributed by atoms with E-state index in [1.807, 2.05) is 45.2 Å². The molecule has 198 valence electrons. The normalized spacial score (nSPS) is 17.6. The van der Waals surface area contributed by atoms with E-state index in [0.717, 1.165) is 89.7 Å². The summed E-state index contributed by atoms with van der Waals surface area (Å²) in [6.07, 6.45) is 5.22. The number of nitrogens with zero attached hydrogens (tertiary/aromatic N) is 6. The van der Waals surface area contributed by atoms with Crippen LogP contribution in [0, 0.1) is 19.8 Å². The van der Waals surface area contributed by atoms with Crippen LogP contribution in [0.25, 0.3) is 22.4 Å². The molecule has 1 aliphatic carbocycles. The Labute approximate surface area is 221 Å². The van der Waals surface area contributed by atoms with E-state index < -0.39 is 0 Å². The van der Waals surface area contributed by atoms with E-state index in [0.29, 0.717) is 12.2 Å². The monoisotopic (exact) mass is 515 g/mol. The van der Waals surface area contributed by atoms with Crippen molar-refractivity contribution in [2.45, 2.75) is 58.6 Å². The van der Waals surface area contributed by atoms with Crippen LogP contribution in [0.5, 0.6) is 5.75 Å². The predicted octanol–water partition coefficient (Wildman–Crippen LogP) is 4.82. The molecule has 4 heterocycles. The smallest absolute Gasteiger partial charge is 0.164 e. The maximum Gasteiger partial charge on any atom is 0.164 e. The Morgan fingerprint density at radius 2 is 2.00 bits per heavy atom. The molecular formula is C28H33N7O3. The number of pyridine rings is 1. The third kappa shape index (κ3) is 4.42. The molecule has 0 amide bonds. The standard InChI is InChI=1S/C28H33N7O3/c1-16-25(32-33-34(16)3)20-8-7-9-21(27(20)37-4)31-22-14-19(15-23(36)18-11-12-18)30-28-26(22)29-17(2)35(28)24-10-5-6-13-38-24/h7-9,14,18,24H,5-6,10-13,15H2,1-4H3,(H,30,31). The lowest BCUT2D eigenvalue weighted by molar-refractivity contribution is -0.119. The van der Waals surface area contributed by atoms with Gasteiger partial charge in [0.15, 0.2) is 11.4 Å². The summed E-state index contributed by atoms with van der Waals surface area (Å²) >= 11 is 0. The van der Waals surface area contributed by atoms with E-state index >= 15 is 0 Å². The van der Waals surface area contributed by atoms with Crippen molar-refractivity contribution in [3.63, 3.8) is 0 Å². The van der Waals surface area contributed by atoms with Gasteiger partial charge in [0.05, 0.1) is 29.9 Å². The zero-order valence-electron chi connectivity index (χ0n) is 22.3. The Bertz CT molecular complexity index is 1510. The summed E-state index contributed by atoms with van der Waals surface area (Å²) in [5, 5.41) is 12.1. The van der Waals surface area contributed by atoms with E-state index in [1.165, 1.54) is 0 Å². The lowest BCUT2D eigenvalue weighted by Gasteiger charge is -2.25. The largest absolute Gasteiger partial charge is 0.494 e. The van der Waals surface area contributed by atoms with Gasteiger partial charge in [-0.25, -0.2) is 9.97 Å². The molecule has 10 heteroatoms. The number of carbonyl (C=O) groups excluding carboxylic acids is 1. The average Bonchev–Trinajstić information content (AvgIpc) is 3.65. The Hall–Kier alpha value is -3.79. The van der Waals surface area contributed by atoms with Gasteiger partial charge in [0.1, 0.15) is 29.0 Å². The number of ketones is 1. The van der Waals surface area contributed by atoms with Crippen molar-refractivity contribution >= 4 is 28.3 Å². The first-order valence-electron chi connectivity index (χ1n) is 13.3. The number of aromatic nitrogens is 6. The lowest BCUT2D eigenvalue weighted by atomic mass is 10.1. The number of hydrogen-bond acceptors (Lipinski definition) is 8. The lowest BCUT2D eigenvalue weighted by Crippen LogP contribution is -2.19. The number of benzene rings is 1. The molecule has 1 saturated carbocycles. The average molecular weight is 516 g/mol. The molecule has 2 aliphatic rings. The number of ether oxygens (including phenoxy) is 2. The van der Waals surface area contributed by atoms with Crippen LogP contribution in [0.4, 0.5) is 11.4 Å². The van der Waals surface area contributed by atoms with Gasteiger partial charge < -0.3 is 14.8 Å². The molecule has 1 N–H and O–H groups in total. The summed E-state index contributed by atoms with van der Waals surface area (Å²) in [5.74, 6) is 1.91. The van der Waals surface area contributed by atoms with Crippen LogP contribution in [-0.2, 0) is 23.0 Å². The Kier molecular flexibility index (Phi) is 6.35. The number of anilines is 2. The molecule has 6 rings (SSSR count). The van der Waals surface area contributed by atoms with E-state index in [-0.39, 0.29) is 17.9 Å². The zero-order chi connectivity index (χ0) is 26.4. The van der Waals surface area contributed by atoms with E-state index in [4.69, 9.17) is 19.4 Å². The van der Waals surface area contributed by atoms with Crippen molar-refractivity contribution in [3.05, 3.63) is 41.5 Å². The van der Waals surface area contributed by atoms with Crippen LogP contribution < -0.4 is 10.1 Å². The molecule has 0 spiro atoms. The molecule has 4 aromatic rings. The van der Waals surface area contributed by atoms with Gasteiger partial charge >= 0.3 is 0 Å². The van der Waals surface area contributed by atoms with Crippen LogP contribution in [-0.4, -0.2) is 49.0 Å². The van der Waals surface area contributed by atoms with E-state index in [1.54, 1.807) is 11.8 Å². The molecule has 1 saturated heterocycles. The van der Waals surface area contributed by atoms with Crippen molar-refractivity contribution in [2.24, 2.45) is 13.0 Å². The number of hydrogen-bond donors (Lipinski definition) is 1. The topological polar surface area (TPSA) is 109 Å². The highest BCUT2D eigenvalue weighted by Crippen LogP contribution is 2.40. The minimum Gasteiger partial charge on any atom is -0.494 e. The molecule has 1 unspecified atom stereocenters. The third-order valence-corrected chi connectivity index (χ3v) is 7.56. The van der Waals surface area contributed by atoms with Crippen LogP contribution in [0.2, 0.25) is 0 Å². The maximum absolute atomic E-state index is 12.8. The number of fused-ring (bicyclic) bond motifs is 1. The van der Waals surface area contributed by atoms with Gasteiger partial charge in [0.2, 0.25) is 0 Å². The molecule has 0 radical (unpaired) electrons. The molecule has 1 atom stereocenters. The first-order valence-corrected chi connectivity index (χ1v) is 13.3. The molecule has 2 fully saturated rings. The van der Waals surface area contributed by atoms with Crippen LogP contribution in [0.15, 0.2) is 24.3 Å². The predicted molar refractivity (Wildman–Crippen MR) is 144 cm³/mol. The van der Waals surface area contributed by atoms with Gasteiger partial charge in [-0.15, -0.1) is 5.10 Å². The van der Waals surface area contributed by atoms with E-state index in [2.05, 4.69) is 20.2 Å². The number of imidazole rings is 1. The number of methoxy groups -OCH3 is 1. The second-order valence-electron chi connectivity index (χ2n) is 10.3. The van der Waals surface area contributed by atoms with Crippen LogP contribution in [0.1, 0.15) is 55.5 Å². The molecule has 10 nitrogen and oxygen atoms in total. The number of rotatable bonds is 8. The number of aryl methyl sites for hydroxylation is 2. The fraction of sp³-hybridized carbons (Fsp3) is 0.464. The van der Waals surface area contributed by atoms with Crippen molar-refractivity contribution in [2.75, 3.05) is 19.0 Å². The quantitative estimate of drug-likeness (QED) is 0.356. The van der Waals surface area contributed by atoms with Crippen molar-refractivity contribution in [3.8, 4) is 17.0 Å². The second-order valence-corrected chi connectivity index (χ2v) is 10.3. The SMILES string of the molecule is COc1c(Nc2cc(CC(=O)C3CC3)nc3c2nc(C)n3C2CCCCO2)cccc1-c1nnn(C)c1C. The molecule has 1 aliphatic heterocycles. The number of Topliss-reactive ketones (excluding diaryl/α,β-unsaturated/α-hetero) is 1. The summed E-state index contributed by atoms with van der Waals surface area (Å²) in [6, 6.07) is 7.84. The van der Waals surface area contributed by atoms with Crippen LogP contribution in [0.3, 0.4) is 0 Å². The molecule has 38 heavy (non-hydrogen) atoms. The minimum absolute atomic E-state index is 0.110. The molecule has 0 bridgehead atoms. The summed E-state index contributed by atoms with van der Waals surface area (Å²) < 4.78 is 15.8. The second kappa shape index (κ2) is 9.83. The summed E-state index contributed by atoms with van der Waals surface area (Å²) in [6.45, 7) is 4.68. The van der Waals surface area contributed by atoms with Gasteiger partial charge in [0.25, 0.3) is 0 Å². The van der Waals surface area contributed by atoms with Gasteiger partial charge in [-0.05, 0) is 64.2 Å². The molecule has 1 aromatic carbocycles. The van der Waals surface area contributed by atoms with E-state index in [9.17, 15) is 4.79 Å². The first-order chi connectivity index (χ1) is 18.4. The summed E-state index contributed by atoms with van der Waals surface area (Å²) in [7, 11) is 3.52. The maximum atomic E-state index is 12.8. The van der Waals surface area contributed by atoms with Crippen molar-refractivity contribution < 1.29 is 14.3 Å². The number of nitrogens with one attached hydrogen (secondary N) is 1. The Morgan fingerprint density at radius 1 is 1.16 bits per heavy atom. The Morgan fingerprint density at radius 3 is 2.68 bits per heavy atom. The van der Waals surface area contributed by atoms with Gasteiger partial charge in [-0.1, -0.05) is 11.3 Å². The fourth-order valence-corrected chi connectivity index (χ4v) is 5.25. The van der Waals surface area contributed by atoms with Gasteiger partial charge in [-0.3, -0.25) is 14.0 Å². The highest BCUT2D eigenvalue weighted by molar-refractivity contribution is 5.92.